The molecule has 0 spiro atoms. The van der Waals surface area contributed by atoms with Gasteiger partial charge in [0.2, 0.25) is 5.91 Å². The molecule has 3 N–H and O–H groups in total. The number of rotatable bonds is 52. The number of aliphatic hydroxyl groups is 2. The van der Waals surface area contributed by atoms with Crippen molar-refractivity contribution in [1.29, 1.82) is 0 Å². The Hall–Kier alpha value is -1.40. The maximum Gasteiger partial charge on any atom is 0.305 e. The molecule has 2 atom stereocenters. The van der Waals surface area contributed by atoms with E-state index in [4.69, 9.17) is 4.74 Å². The van der Waals surface area contributed by atoms with E-state index in [1.807, 2.05) is 0 Å². The number of hydrogen-bond donors (Lipinski definition) is 3. The molecule has 6 heteroatoms. The number of hydrogen-bond acceptors (Lipinski definition) is 5. The van der Waals surface area contributed by atoms with E-state index in [0.29, 0.717) is 25.9 Å². The number of allylic oxidation sites excluding steroid dienone is 2. The van der Waals surface area contributed by atoms with Gasteiger partial charge in [-0.1, -0.05) is 257 Å². The lowest BCUT2D eigenvalue weighted by Gasteiger charge is -2.22. The Balaban J connectivity index is 3.42. The van der Waals surface area contributed by atoms with E-state index < -0.39 is 12.1 Å². The largest absolute Gasteiger partial charge is 0.466 e. The molecule has 2 unspecified atom stereocenters. The van der Waals surface area contributed by atoms with Crippen molar-refractivity contribution in [3.8, 4) is 0 Å². The Morgan fingerprint density at radius 2 is 0.758 bits per heavy atom. The summed E-state index contributed by atoms with van der Waals surface area (Å²) in [5.74, 6) is -0.0377. The summed E-state index contributed by atoms with van der Waals surface area (Å²) in [5.41, 5.74) is 0. The zero-order chi connectivity index (χ0) is 45.1. The van der Waals surface area contributed by atoms with E-state index in [2.05, 4.69) is 31.3 Å². The molecule has 1 amide bonds. The van der Waals surface area contributed by atoms with E-state index in [0.717, 1.165) is 38.5 Å². The molecular weight excluding hydrogens is 767 g/mol. The van der Waals surface area contributed by atoms with Crippen molar-refractivity contribution in [3.63, 3.8) is 0 Å². The molecule has 6 nitrogen and oxygen atoms in total. The van der Waals surface area contributed by atoms with Crippen molar-refractivity contribution in [2.45, 2.75) is 321 Å². The van der Waals surface area contributed by atoms with Crippen molar-refractivity contribution >= 4 is 11.9 Å². The van der Waals surface area contributed by atoms with Crippen LogP contribution in [0.5, 0.6) is 0 Å². The minimum Gasteiger partial charge on any atom is -0.466 e. The van der Waals surface area contributed by atoms with E-state index >= 15 is 0 Å². The third kappa shape index (κ3) is 48.1. The molecule has 0 bridgehead atoms. The Bertz CT molecular complexity index is 924. The molecule has 0 heterocycles. The number of aliphatic hydroxyl groups excluding tert-OH is 2. The van der Waals surface area contributed by atoms with Crippen LogP contribution >= 0.6 is 0 Å². The molecule has 0 aromatic rings. The first-order chi connectivity index (χ1) is 30.5. The van der Waals surface area contributed by atoms with Crippen LogP contribution < -0.4 is 5.32 Å². The molecule has 0 aromatic heterocycles. The van der Waals surface area contributed by atoms with Crippen LogP contribution in [-0.4, -0.2) is 47.4 Å². The van der Waals surface area contributed by atoms with E-state index in [1.165, 1.54) is 238 Å². The lowest BCUT2D eigenvalue weighted by molar-refractivity contribution is -0.143. The summed E-state index contributed by atoms with van der Waals surface area (Å²) in [6.07, 6.45) is 60.5. The minimum absolute atomic E-state index is 0.00646. The molecule has 62 heavy (non-hydrogen) atoms. The molecule has 0 aliphatic carbocycles. The fourth-order valence-corrected chi connectivity index (χ4v) is 8.75. The Morgan fingerprint density at radius 1 is 0.435 bits per heavy atom. The van der Waals surface area contributed by atoms with Crippen LogP contribution in [0.2, 0.25) is 0 Å². The number of carbonyl (C=O) groups excluding carboxylic acids is 2. The van der Waals surface area contributed by atoms with Gasteiger partial charge < -0.3 is 20.3 Å². The number of esters is 1. The molecule has 0 aliphatic rings. The Morgan fingerprint density at radius 3 is 1.15 bits per heavy atom. The van der Waals surface area contributed by atoms with Gasteiger partial charge in [-0.05, 0) is 51.4 Å². The second kappa shape index (κ2) is 52.2. The lowest BCUT2D eigenvalue weighted by Crippen LogP contribution is -2.45. The summed E-state index contributed by atoms with van der Waals surface area (Å²) in [7, 11) is 0. The highest BCUT2D eigenvalue weighted by Crippen LogP contribution is 2.17. The molecule has 368 valence electrons. The van der Waals surface area contributed by atoms with Gasteiger partial charge in [-0.15, -0.1) is 0 Å². The highest BCUT2D eigenvalue weighted by Gasteiger charge is 2.20. The molecule has 0 aromatic carbocycles. The first-order valence-corrected chi connectivity index (χ1v) is 27.9. The smallest absolute Gasteiger partial charge is 0.305 e. The quantitative estimate of drug-likeness (QED) is 0.0321. The van der Waals surface area contributed by atoms with Crippen LogP contribution in [0.4, 0.5) is 0 Å². The standard InChI is InChI=1S/C56H109NO5/c1-3-5-7-9-11-13-15-17-26-30-34-38-42-46-50-56(61)62-51-47-43-39-35-31-27-24-22-20-18-19-21-23-25-29-33-37-41-45-49-55(60)57-53(52-58)54(59)48-44-40-36-32-28-16-14-12-10-8-6-4-2/h18-19,53-54,58-59H,3-17,20-52H2,1-2H3,(H,57,60)/b19-18-. The van der Waals surface area contributed by atoms with Gasteiger partial charge in [0.1, 0.15) is 0 Å². The molecule has 0 saturated heterocycles. The van der Waals surface area contributed by atoms with Gasteiger partial charge in [0.15, 0.2) is 0 Å². The maximum absolute atomic E-state index is 12.4. The number of nitrogens with one attached hydrogen (secondary N) is 1. The maximum atomic E-state index is 12.4. The first kappa shape index (κ1) is 60.6. The lowest BCUT2D eigenvalue weighted by atomic mass is 10.0. The molecular formula is C56H109NO5. The van der Waals surface area contributed by atoms with Crippen molar-refractivity contribution in [3.05, 3.63) is 12.2 Å². The third-order valence-electron chi connectivity index (χ3n) is 13.1. The van der Waals surface area contributed by atoms with Gasteiger partial charge in [-0.3, -0.25) is 9.59 Å². The summed E-state index contributed by atoms with van der Waals surface area (Å²) in [5, 5.41) is 23.2. The molecule has 0 aliphatic heterocycles. The number of carbonyl (C=O) groups is 2. The zero-order valence-corrected chi connectivity index (χ0v) is 41.9. The molecule has 0 fully saturated rings. The monoisotopic (exact) mass is 876 g/mol. The highest BCUT2D eigenvalue weighted by atomic mass is 16.5. The van der Waals surface area contributed by atoms with Crippen LogP contribution in [0.1, 0.15) is 309 Å². The number of amides is 1. The fourth-order valence-electron chi connectivity index (χ4n) is 8.75. The average Bonchev–Trinajstić information content (AvgIpc) is 3.27. The third-order valence-corrected chi connectivity index (χ3v) is 13.1. The number of unbranched alkanes of at least 4 members (excludes halogenated alkanes) is 39. The summed E-state index contributed by atoms with van der Waals surface area (Å²) >= 11 is 0. The SMILES string of the molecule is CCCCCCCCCCCCCCCCC(=O)OCCCCCCCCCC/C=C\CCCCCCCCCC(=O)NC(CO)C(O)CCCCCCCCCCCCCC. The predicted octanol–water partition coefficient (Wildman–Crippen LogP) is 16.9. The van der Waals surface area contributed by atoms with Crippen molar-refractivity contribution in [2.24, 2.45) is 0 Å². The van der Waals surface area contributed by atoms with Crippen LogP contribution in [-0.2, 0) is 14.3 Å². The Labute approximate surface area is 387 Å². The van der Waals surface area contributed by atoms with Gasteiger partial charge in [0.25, 0.3) is 0 Å². The molecule has 0 saturated carbocycles. The average molecular weight is 876 g/mol. The van der Waals surface area contributed by atoms with Crippen LogP contribution in [0.25, 0.3) is 0 Å². The fraction of sp³-hybridized carbons (Fsp3) is 0.929. The van der Waals surface area contributed by atoms with Gasteiger partial charge in [-0.25, -0.2) is 0 Å². The van der Waals surface area contributed by atoms with Crippen molar-refractivity contribution < 1.29 is 24.5 Å². The molecule has 0 rings (SSSR count). The van der Waals surface area contributed by atoms with Crippen LogP contribution in [0.15, 0.2) is 12.2 Å². The van der Waals surface area contributed by atoms with Crippen molar-refractivity contribution in [1.82, 2.24) is 5.32 Å². The summed E-state index contributed by atoms with van der Waals surface area (Å²) in [4.78, 5) is 24.5. The van der Waals surface area contributed by atoms with Gasteiger partial charge in [0.05, 0.1) is 25.4 Å². The van der Waals surface area contributed by atoms with E-state index in [9.17, 15) is 19.8 Å². The van der Waals surface area contributed by atoms with Crippen LogP contribution in [0.3, 0.4) is 0 Å². The number of ether oxygens (including phenoxy) is 1. The van der Waals surface area contributed by atoms with E-state index in [-0.39, 0.29) is 18.5 Å². The summed E-state index contributed by atoms with van der Waals surface area (Å²) < 4.78 is 5.47. The topological polar surface area (TPSA) is 95.9 Å². The minimum atomic E-state index is -0.668. The van der Waals surface area contributed by atoms with Gasteiger partial charge in [0, 0.05) is 12.8 Å². The second-order valence-electron chi connectivity index (χ2n) is 19.3. The second-order valence-corrected chi connectivity index (χ2v) is 19.3. The molecule has 0 radical (unpaired) electrons. The van der Waals surface area contributed by atoms with Gasteiger partial charge in [-0.2, -0.15) is 0 Å². The van der Waals surface area contributed by atoms with Crippen LogP contribution in [0, 0.1) is 0 Å². The first-order valence-electron chi connectivity index (χ1n) is 27.9. The van der Waals surface area contributed by atoms with Crippen molar-refractivity contribution in [2.75, 3.05) is 13.2 Å². The van der Waals surface area contributed by atoms with Gasteiger partial charge >= 0.3 is 5.97 Å². The summed E-state index contributed by atoms with van der Waals surface area (Å²) in [6, 6.07) is -0.546. The zero-order valence-electron chi connectivity index (χ0n) is 41.9. The summed E-state index contributed by atoms with van der Waals surface area (Å²) in [6.45, 7) is 4.95. The van der Waals surface area contributed by atoms with E-state index in [1.54, 1.807) is 0 Å². The Kier molecular flexibility index (Phi) is 51.0. The normalized spacial score (nSPS) is 12.6. The highest BCUT2D eigenvalue weighted by molar-refractivity contribution is 5.76. The predicted molar refractivity (Wildman–Crippen MR) is 269 cm³/mol.